The summed E-state index contributed by atoms with van der Waals surface area (Å²) in [6.07, 6.45) is 0. The molecule has 0 saturated carbocycles. The fourth-order valence-electron chi connectivity index (χ4n) is 1.72. The number of anilines is 1. The predicted octanol–water partition coefficient (Wildman–Crippen LogP) is 2.87. The summed E-state index contributed by atoms with van der Waals surface area (Å²) >= 11 is 0. The first-order valence-electron chi connectivity index (χ1n) is 6.32. The van der Waals surface area contributed by atoms with Crippen LogP contribution in [-0.4, -0.2) is 20.1 Å². The Morgan fingerprint density at radius 1 is 1.05 bits per heavy atom. The van der Waals surface area contributed by atoms with Crippen molar-refractivity contribution in [1.29, 1.82) is 0 Å². The third kappa shape index (κ3) is 3.66. The van der Waals surface area contributed by atoms with Crippen LogP contribution in [-0.2, 0) is 9.84 Å². The first kappa shape index (κ1) is 15.2. The molecule has 0 heterocycles. The summed E-state index contributed by atoms with van der Waals surface area (Å²) in [5, 5.41) is 2.62. The zero-order valence-electron chi connectivity index (χ0n) is 11.3. The highest BCUT2D eigenvalue weighted by atomic mass is 32.2. The average molecular weight is 307 g/mol. The van der Waals surface area contributed by atoms with Gasteiger partial charge >= 0.3 is 0 Å². The molecule has 0 unspecified atom stereocenters. The highest BCUT2D eigenvalue weighted by molar-refractivity contribution is 7.91. The minimum absolute atomic E-state index is 0.0221. The van der Waals surface area contributed by atoms with E-state index in [1.165, 1.54) is 48.5 Å². The van der Waals surface area contributed by atoms with Gasteiger partial charge in [-0.15, -0.1) is 0 Å². The lowest BCUT2D eigenvalue weighted by Crippen LogP contribution is -2.12. The quantitative estimate of drug-likeness (QED) is 0.944. The Labute approximate surface area is 122 Å². The van der Waals surface area contributed by atoms with Gasteiger partial charge in [0.1, 0.15) is 5.82 Å². The van der Waals surface area contributed by atoms with Crippen molar-refractivity contribution in [2.24, 2.45) is 0 Å². The van der Waals surface area contributed by atoms with E-state index in [4.69, 9.17) is 0 Å². The Morgan fingerprint density at radius 3 is 2.14 bits per heavy atom. The lowest BCUT2D eigenvalue weighted by molar-refractivity contribution is 0.102. The van der Waals surface area contributed by atoms with Crippen molar-refractivity contribution in [3.8, 4) is 0 Å². The number of amides is 1. The van der Waals surface area contributed by atoms with E-state index < -0.39 is 15.7 Å². The molecule has 2 aromatic rings. The number of nitrogens with one attached hydrogen (secondary N) is 1. The second-order valence-electron chi connectivity index (χ2n) is 4.39. The van der Waals surface area contributed by atoms with E-state index in [0.29, 0.717) is 11.3 Å². The molecule has 2 rings (SSSR count). The van der Waals surface area contributed by atoms with E-state index in [1.54, 1.807) is 6.92 Å². The van der Waals surface area contributed by atoms with E-state index >= 15 is 0 Å². The van der Waals surface area contributed by atoms with Gasteiger partial charge in [-0.2, -0.15) is 0 Å². The van der Waals surface area contributed by atoms with Crippen LogP contribution in [0.2, 0.25) is 0 Å². The van der Waals surface area contributed by atoms with Gasteiger partial charge in [-0.3, -0.25) is 4.79 Å². The molecule has 110 valence electrons. The van der Waals surface area contributed by atoms with E-state index in [2.05, 4.69) is 5.32 Å². The zero-order valence-corrected chi connectivity index (χ0v) is 12.2. The van der Waals surface area contributed by atoms with Crippen LogP contribution in [0.3, 0.4) is 0 Å². The Hall–Kier alpha value is -2.21. The third-order valence-electron chi connectivity index (χ3n) is 2.96. The van der Waals surface area contributed by atoms with Gasteiger partial charge in [-0.25, -0.2) is 12.8 Å². The summed E-state index contributed by atoms with van der Waals surface area (Å²) in [5.74, 6) is -0.782. The lowest BCUT2D eigenvalue weighted by atomic mass is 10.2. The largest absolute Gasteiger partial charge is 0.322 e. The van der Waals surface area contributed by atoms with Crippen LogP contribution in [0.5, 0.6) is 0 Å². The van der Waals surface area contributed by atoms with Crippen molar-refractivity contribution < 1.29 is 17.6 Å². The van der Waals surface area contributed by atoms with Gasteiger partial charge in [0.25, 0.3) is 5.91 Å². The van der Waals surface area contributed by atoms with Crippen LogP contribution < -0.4 is 5.32 Å². The second-order valence-corrected chi connectivity index (χ2v) is 6.67. The minimum Gasteiger partial charge on any atom is -0.322 e. The number of carbonyl (C=O) groups excluding carboxylic acids is 1. The molecule has 0 saturated heterocycles. The predicted molar refractivity (Wildman–Crippen MR) is 78.5 cm³/mol. The number of sulfone groups is 1. The molecule has 0 fully saturated rings. The van der Waals surface area contributed by atoms with Crippen LogP contribution in [0, 0.1) is 5.82 Å². The van der Waals surface area contributed by atoms with Crippen molar-refractivity contribution in [2.75, 3.05) is 11.1 Å². The zero-order chi connectivity index (χ0) is 15.5. The molecule has 0 aliphatic heterocycles. The number of benzene rings is 2. The smallest absolute Gasteiger partial charge is 0.255 e. The van der Waals surface area contributed by atoms with Crippen molar-refractivity contribution >= 4 is 21.4 Å². The van der Waals surface area contributed by atoms with Crippen molar-refractivity contribution in [1.82, 2.24) is 0 Å². The van der Waals surface area contributed by atoms with Gasteiger partial charge in [0, 0.05) is 11.3 Å². The summed E-state index contributed by atoms with van der Waals surface area (Å²) < 4.78 is 36.1. The van der Waals surface area contributed by atoms with E-state index in [1.807, 2.05) is 0 Å². The number of hydrogen-bond donors (Lipinski definition) is 1. The molecule has 4 nitrogen and oxygen atoms in total. The molecular weight excluding hydrogens is 293 g/mol. The summed E-state index contributed by atoms with van der Waals surface area (Å²) in [4.78, 5) is 12.1. The van der Waals surface area contributed by atoms with Gasteiger partial charge in [0.05, 0.1) is 10.6 Å². The Bertz CT molecular complexity index is 737. The SMILES string of the molecule is CCS(=O)(=O)c1ccc(NC(=O)c2ccc(F)cc2)cc1. The molecule has 0 aliphatic rings. The maximum absolute atomic E-state index is 12.8. The van der Waals surface area contributed by atoms with Gasteiger partial charge in [0.2, 0.25) is 0 Å². The minimum atomic E-state index is -3.25. The highest BCUT2D eigenvalue weighted by Gasteiger charge is 2.11. The highest BCUT2D eigenvalue weighted by Crippen LogP contribution is 2.16. The molecule has 6 heteroatoms. The van der Waals surface area contributed by atoms with Crippen LogP contribution in [0.25, 0.3) is 0 Å². The second kappa shape index (κ2) is 6.05. The summed E-state index contributed by atoms with van der Waals surface area (Å²) in [6.45, 7) is 1.57. The summed E-state index contributed by atoms with van der Waals surface area (Å²) in [5.41, 5.74) is 0.793. The lowest BCUT2D eigenvalue weighted by Gasteiger charge is -2.06. The standard InChI is InChI=1S/C15H14FNO3S/c1-2-21(19,20)14-9-7-13(8-10-14)17-15(18)11-3-5-12(16)6-4-11/h3-10H,2H2,1H3,(H,17,18). The maximum Gasteiger partial charge on any atom is 0.255 e. The van der Waals surface area contributed by atoms with Crippen molar-refractivity contribution in [2.45, 2.75) is 11.8 Å². The number of carbonyl (C=O) groups is 1. The van der Waals surface area contributed by atoms with E-state index in [0.717, 1.165) is 0 Å². The fraction of sp³-hybridized carbons (Fsp3) is 0.133. The van der Waals surface area contributed by atoms with Gasteiger partial charge < -0.3 is 5.32 Å². The monoisotopic (exact) mass is 307 g/mol. The molecule has 0 atom stereocenters. The van der Waals surface area contributed by atoms with Crippen molar-refractivity contribution in [3.05, 3.63) is 59.9 Å². The molecule has 0 bridgehead atoms. The Balaban J connectivity index is 2.13. The molecule has 0 aromatic heterocycles. The van der Waals surface area contributed by atoms with Crippen molar-refractivity contribution in [3.63, 3.8) is 0 Å². The van der Waals surface area contributed by atoms with Gasteiger partial charge in [-0.05, 0) is 48.5 Å². The number of rotatable bonds is 4. The molecular formula is C15H14FNO3S. The first-order chi connectivity index (χ1) is 9.92. The van der Waals surface area contributed by atoms with Crippen LogP contribution in [0.4, 0.5) is 10.1 Å². The molecule has 1 N–H and O–H groups in total. The topological polar surface area (TPSA) is 63.2 Å². The summed E-state index contributed by atoms with van der Waals surface area (Å²) in [7, 11) is -3.25. The molecule has 0 aliphatic carbocycles. The maximum atomic E-state index is 12.8. The average Bonchev–Trinajstić information content (AvgIpc) is 2.48. The molecule has 0 spiro atoms. The Morgan fingerprint density at radius 2 is 1.62 bits per heavy atom. The van der Waals surface area contributed by atoms with Gasteiger partial charge in [0.15, 0.2) is 9.84 Å². The first-order valence-corrected chi connectivity index (χ1v) is 7.97. The third-order valence-corrected chi connectivity index (χ3v) is 4.71. The number of halogens is 1. The Kier molecular flexibility index (Phi) is 4.37. The van der Waals surface area contributed by atoms with E-state index in [-0.39, 0.29) is 16.6 Å². The normalized spacial score (nSPS) is 11.1. The number of hydrogen-bond acceptors (Lipinski definition) is 3. The van der Waals surface area contributed by atoms with E-state index in [9.17, 15) is 17.6 Å². The van der Waals surface area contributed by atoms with Crippen LogP contribution in [0.1, 0.15) is 17.3 Å². The molecule has 0 radical (unpaired) electrons. The molecule has 21 heavy (non-hydrogen) atoms. The van der Waals surface area contributed by atoms with Gasteiger partial charge in [-0.1, -0.05) is 6.92 Å². The fourth-order valence-corrected chi connectivity index (χ4v) is 2.60. The summed E-state index contributed by atoms with van der Waals surface area (Å²) in [6, 6.07) is 11.1. The van der Waals surface area contributed by atoms with Crippen LogP contribution >= 0.6 is 0 Å². The molecule has 1 amide bonds. The molecule has 2 aromatic carbocycles. The van der Waals surface area contributed by atoms with Crippen LogP contribution in [0.15, 0.2) is 53.4 Å².